The second kappa shape index (κ2) is 7.55. The van der Waals surface area contributed by atoms with E-state index in [0.717, 1.165) is 18.8 Å². The summed E-state index contributed by atoms with van der Waals surface area (Å²) >= 11 is 0. The molecule has 0 unspecified atom stereocenters. The number of anilines is 1. The van der Waals surface area contributed by atoms with Crippen molar-refractivity contribution in [1.29, 1.82) is 0 Å². The van der Waals surface area contributed by atoms with Crippen molar-refractivity contribution in [2.45, 2.75) is 20.0 Å². The number of benzene rings is 2. The fourth-order valence-electron chi connectivity index (χ4n) is 2.98. The van der Waals surface area contributed by atoms with Crippen LogP contribution in [-0.2, 0) is 0 Å². The zero-order valence-corrected chi connectivity index (χ0v) is 14.6. The van der Waals surface area contributed by atoms with Crippen LogP contribution in [0, 0.1) is 5.82 Å². The fraction of sp³-hybridized carbons (Fsp3) is 0.350. The van der Waals surface area contributed by atoms with Gasteiger partial charge in [-0.2, -0.15) is 0 Å². The van der Waals surface area contributed by atoms with Crippen molar-refractivity contribution in [3.05, 3.63) is 59.9 Å². The Kier molecular flexibility index (Phi) is 5.22. The first-order valence-electron chi connectivity index (χ1n) is 8.59. The summed E-state index contributed by atoms with van der Waals surface area (Å²) in [6.07, 6.45) is 0.0737. The topological polar surface area (TPSA) is 32.8 Å². The van der Waals surface area contributed by atoms with E-state index in [9.17, 15) is 9.18 Å². The lowest BCUT2D eigenvalue weighted by Gasteiger charge is -2.36. The quantitative estimate of drug-likeness (QED) is 0.851. The third kappa shape index (κ3) is 4.29. The largest absolute Gasteiger partial charge is 0.491 e. The van der Waals surface area contributed by atoms with Crippen LogP contribution in [0.25, 0.3) is 0 Å². The van der Waals surface area contributed by atoms with Crippen molar-refractivity contribution in [3.8, 4) is 5.75 Å². The monoisotopic (exact) mass is 342 g/mol. The molecule has 2 aromatic rings. The third-order valence-corrected chi connectivity index (χ3v) is 4.21. The summed E-state index contributed by atoms with van der Waals surface area (Å²) < 4.78 is 18.7. The molecule has 2 aromatic carbocycles. The van der Waals surface area contributed by atoms with Crippen molar-refractivity contribution in [3.63, 3.8) is 0 Å². The third-order valence-electron chi connectivity index (χ3n) is 4.21. The summed E-state index contributed by atoms with van der Waals surface area (Å²) in [5.41, 5.74) is 1.63. The second-order valence-corrected chi connectivity index (χ2v) is 6.45. The van der Waals surface area contributed by atoms with Crippen LogP contribution in [-0.4, -0.2) is 43.1 Å². The van der Waals surface area contributed by atoms with Gasteiger partial charge in [0, 0.05) is 37.4 Å². The molecule has 0 N–H and O–H groups in total. The molecule has 1 aliphatic rings. The Morgan fingerprint density at radius 1 is 1.04 bits per heavy atom. The van der Waals surface area contributed by atoms with Gasteiger partial charge in [-0.25, -0.2) is 4.39 Å². The predicted molar refractivity (Wildman–Crippen MR) is 96.7 cm³/mol. The number of carbonyl (C=O) groups is 1. The Labute approximate surface area is 147 Å². The summed E-state index contributed by atoms with van der Waals surface area (Å²) in [6, 6.07) is 13.8. The molecule has 0 saturated carbocycles. The van der Waals surface area contributed by atoms with E-state index >= 15 is 0 Å². The molecule has 0 atom stereocenters. The molecule has 4 nitrogen and oxygen atoms in total. The summed E-state index contributed by atoms with van der Waals surface area (Å²) in [4.78, 5) is 16.8. The zero-order valence-electron chi connectivity index (χ0n) is 14.6. The normalized spacial score (nSPS) is 14.7. The van der Waals surface area contributed by atoms with Gasteiger partial charge in [-0.3, -0.25) is 4.79 Å². The first kappa shape index (κ1) is 17.3. The lowest BCUT2D eigenvalue weighted by atomic mass is 10.1. The Morgan fingerprint density at radius 2 is 1.72 bits per heavy atom. The number of carbonyl (C=O) groups excluding carboxylic acids is 1. The van der Waals surface area contributed by atoms with E-state index in [0.29, 0.717) is 24.4 Å². The smallest absolute Gasteiger partial charge is 0.254 e. The number of halogens is 1. The van der Waals surface area contributed by atoms with Crippen LogP contribution in [0.4, 0.5) is 10.1 Å². The van der Waals surface area contributed by atoms with Gasteiger partial charge in [0.25, 0.3) is 5.91 Å². The maximum absolute atomic E-state index is 13.0. The molecule has 0 bridgehead atoms. The number of rotatable bonds is 4. The van der Waals surface area contributed by atoms with E-state index in [1.165, 1.54) is 12.1 Å². The van der Waals surface area contributed by atoms with Gasteiger partial charge < -0.3 is 14.5 Å². The van der Waals surface area contributed by atoms with Crippen molar-refractivity contribution >= 4 is 11.6 Å². The molecular formula is C20H23FN2O2. The van der Waals surface area contributed by atoms with Crippen LogP contribution in [0.15, 0.2) is 48.5 Å². The van der Waals surface area contributed by atoms with Gasteiger partial charge in [0.05, 0.1) is 6.10 Å². The average molecular weight is 342 g/mol. The van der Waals surface area contributed by atoms with Gasteiger partial charge in [-0.1, -0.05) is 6.07 Å². The van der Waals surface area contributed by atoms with E-state index in [1.807, 2.05) is 36.9 Å². The van der Waals surface area contributed by atoms with Gasteiger partial charge in [0.1, 0.15) is 11.6 Å². The first-order valence-corrected chi connectivity index (χ1v) is 8.59. The van der Waals surface area contributed by atoms with Gasteiger partial charge in [0.2, 0.25) is 0 Å². The average Bonchev–Trinajstić information content (AvgIpc) is 2.62. The van der Waals surface area contributed by atoms with E-state index in [2.05, 4.69) is 4.90 Å². The summed E-state index contributed by atoms with van der Waals surface area (Å²) in [7, 11) is 0. The van der Waals surface area contributed by atoms with Gasteiger partial charge in [-0.15, -0.1) is 0 Å². The van der Waals surface area contributed by atoms with E-state index in [-0.39, 0.29) is 17.8 Å². The molecule has 25 heavy (non-hydrogen) atoms. The number of ether oxygens (including phenoxy) is 1. The molecule has 0 aliphatic carbocycles. The highest BCUT2D eigenvalue weighted by molar-refractivity contribution is 5.94. The molecule has 1 aliphatic heterocycles. The molecular weight excluding hydrogens is 319 g/mol. The highest BCUT2D eigenvalue weighted by Gasteiger charge is 2.22. The molecule has 0 spiro atoms. The minimum Gasteiger partial charge on any atom is -0.491 e. The molecule has 3 rings (SSSR count). The molecule has 1 amide bonds. The Hall–Kier alpha value is -2.56. The van der Waals surface area contributed by atoms with Crippen molar-refractivity contribution in [2.24, 2.45) is 0 Å². The van der Waals surface area contributed by atoms with Crippen molar-refractivity contribution < 1.29 is 13.9 Å². The van der Waals surface area contributed by atoms with Crippen LogP contribution in [0.5, 0.6) is 5.75 Å². The number of piperazine rings is 1. The SMILES string of the molecule is CC(C)Oc1cccc(C(=O)N2CCN(c3ccc(F)cc3)CC2)c1. The lowest BCUT2D eigenvalue weighted by Crippen LogP contribution is -2.48. The Bertz CT molecular complexity index is 723. The van der Waals surface area contributed by atoms with Crippen LogP contribution in [0.1, 0.15) is 24.2 Å². The van der Waals surface area contributed by atoms with Gasteiger partial charge in [-0.05, 0) is 56.3 Å². The van der Waals surface area contributed by atoms with Crippen molar-refractivity contribution in [1.82, 2.24) is 4.90 Å². The predicted octanol–water partition coefficient (Wildman–Crippen LogP) is 3.58. The standard InChI is InChI=1S/C20H23FN2O2/c1-15(2)25-19-5-3-4-16(14-19)20(24)23-12-10-22(11-13-23)18-8-6-17(21)7-9-18/h3-9,14-15H,10-13H2,1-2H3. The minimum atomic E-state index is -0.235. The highest BCUT2D eigenvalue weighted by atomic mass is 19.1. The highest BCUT2D eigenvalue weighted by Crippen LogP contribution is 2.20. The Morgan fingerprint density at radius 3 is 2.36 bits per heavy atom. The molecule has 1 saturated heterocycles. The van der Waals surface area contributed by atoms with Crippen LogP contribution in [0.2, 0.25) is 0 Å². The van der Waals surface area contributed by atoms with Crippen LogP contribution < -0.4 is 9.64 Å². The molecule has 1 fully saturated rings. The van der Waals surface area contributed by atoms with E-state index in [1.54, 1.807) is 18.2 Å². The minimum absolute atomic E-state index is 0.0213. The van der Waals surface area contributed by atoms with E-state index in [4.69, 9.17) is 4.74 Å². The van der Waals surface area contributed by atoms with Crippen LogP contribution in [0.3, 0.4) is 0 Å². The van der Waals surface area contributed by atoms with Crippen LogP contribution >= 0.6 is 0 Å². The van der Waals surface area contributed by atoms with Gasteiger partial charge >= 0.3 is 0 Å². The Balaban J connectivity index is 1.62. The molecule has 1 heterocycles. The maximum atomic E-state index is 13.0. The van der Waals surface area contributed by atoms with Crippen molar-refractivity contribution in [2.75, 3.05) is 31.1 Å². The maximum Gasteiger partial charge on any atom is 0.254 e. The van der Waals surface area contributed by atoms with E-state index < -0.39 is 0 Å². The number of nitrogens with zero attached hydrogens (tertiary/aromatic N) is 2. The van der Waals surface area contributed by atoms with Gasteiger partial charge in [0.15, 0.2) is 0 Å². The molecule has 5 heteroatoms. The molecule has 132 valence electrons. The number of hydrogen-bond acceptors (Lipinski definition) is 3. The lowest BCUT2D eigenvalue weighted by molar-refractivity contribution is 0.0746. The zero-order chi connectivity index (χ0) is 17.8. The fourth-order valence-corrected chi connectivity index (χ4v) is 2.98. The second-order valence-electron chi connectivity index (χ2n) is 6.45. The number of amides is 1. The molecule has 0 radical (unpaired) electrons. The summed E-state index contributed by atoms with van der Waals surface area (Å²) in [5, 5.41) is 0. The first-order chi connectivity index (χ1) is 12.0. The summed E-state index contributed by atoms with van der Waals surface area (Å²) in [5.74, 6) is 0.500. The summed E-state index contributed by atoms with van der Waals surface area (Å²) in [6.45, 7) is 6.68. The number of hydrogen-bond donors (Lipinski definition) is 0. The molecule has 0 aromatic heterocycles.